The highest BCUT2D eigenvalue weighted by atomic mass is 19.4. The lowest BCUT2D eigenvalue weighted by atomic mass is 10.0. The number of aliphatic imine (C=N–C) groups is 2. The van der Waals surface area contributed by atoms with Crippen LogP contribution >= 0.6 is 0 Å². The van der Waals surface area contributed by atoms with Crippen molar-refractivity contribution in [2.24, 2.45) is 9.98 Å². The van der Waals surface area contributed by atoms with Crippen LogP contribution in [-0.2, 0) is 0 Å². The summed E-state index contributed by atoms with van der Waals surface area (Å²) in [5, 5.41) is 0. The SMILES string of the molecule is FC(C1=Nc2ccccc2N=C(c2ccccc2)C1)C(F)(F)F. The first-order valence-corrected chi connectivity index (χ1v) is 6.95. The third-order valence-electron chi connectivity index (χ3n) is 3.44. The normalized spacial score (nSPS) is 16.0. The summed E-state index contributed by atoms with van der Waals surface area (Å²) in [6, 6.07) is 15.3. The average Bonchev–Trinajstić information content (AvgIpc) is 2.73. The van der Waals surface area contributed by atoms with Gasteiger partial charge in [0, 0.05) is 6.42 Å². The van der Waals surface area contributed by atoms with E-state index < -0.39 is 18.1 Å². The van der Waals surface area contributed by atoms with Gasteiger partial charge in [0.25, 0.3) is 0 Å². The molecule has 0 radical (unpaired) electrons. The quantitative estimate of drug-likeness (QED) is 0.681. The maximum Gasteiger partial charge on any atom is 0.425 e. The van der Waals surface area contributed by atoms with Crippen LogP contribution in [0.5, 0.6) is 0 Å². The van der Waals surface area contributed by atoms with E-state index in [0.29, 0.717) is 17.0 Å². The van der Waals surface area contributed by atoms with Crippen LogP contribution < -0.4 is 0 Å². The van der Waals surface area contributed by atoms with Gasteiger partial charge in [0.15, 0.2) is 0 Å². The van der Waals surface area contributed by atoms with E-state index in [9.17, 15) is 17.6 Å². The highest BCUT2D eigenvalue weighted by Gasteiger charge is 2.44. The van der Waals surface area contributed by atoms with Crippen molar-refractivity contribution in [1.29, 1.82) is 0 Å². The van der Waals surface area contributed by atoms with E-state index in [1.165, 1.54) is 6.07 Å². The molecule has 1 heterocycles. The molecule has 0 aromatic heterocycles. The Morgan fingerprint density at radius 1 is 0.826 bits per heavy atom. The molecule has 118 valence electrons. The average molecular weight is 320 g/mol. The van der Waals surface area contributed by atoms with Gasteiger partial charge in [-0.1, -0.05) is 42.5 Å². The first-order chi connectivity index (χ1) is 10.9. The Labute approximate surface area is 130 Å². The lowest BCUT2D eigenvalue weighted by molar-refractivity contribution is -0.160. The standard InChI is InChI=1S/C17H12F4N2/c18-16(17(19,20)21)15-10-14(11-6-2-1-3-7-11)22-12-8-4-5-9-13(12)23-15/h1-9,16H,10H2. The van der Waals surface area contributed by atoms with Gasteiger partial charge in [-0.25, -0.2) is 4.39 Å². The van der Waals surface area contributed by atoms with Crippen molar-refractivity contribution in [3.63, 3.8) is 0 Å². The van der Waals surface area contributed by atoms with Gasteiger partial charge in [0.05, 0.1) is 22.8 Å². The van der Waals surface area contributed by atoms with Gasteiger partial charge in [-0.3, -0.25) is 9.98 Å². The number of benzene rings is 2. The number of hydrogen-bond acceptors (Lipinski definition) is 2. The Morgan fingerprint density at radius 3 is 2.00 bits per heavy atom. The lowest BCUT2D eigenvalue weighted by Gasteiger charge is -2.15. The summed E-state index contributed by atoms with van der Waals surface area (Å²) < 4.78 is 52.2. The van der Waals surface area contributed by atoms with Crippen LogP contribution in [0.4, 0.5) is 28.9 Å². The Hall–Kier alpha value is -2.50. The maximum atomic E-state index is 13.8. The smallest absolute Gasteiger partial charge is 0.252 e. The topological polar surface area (TPSA) is 24.7 Å². The van der Waals surface area contributed by atoms with Crippen molar-refractivity contribution >= 4 is 22.8 Å². The monoisotopic (exact) mass is 320 g/mol. The van der Waals surface area contributed by atoms with Gasteiger partial charge in [-0.15, -0.1) is 0 Å². The molecule has 0 bridgehead atoms. The third kappa shape index (κ3) is 3.31. The van der Waals surface area contributed by atoms with E-state index in [1.54, 1.807) is 48.5 Å². The highest BCUT2D eigenvalue weighted by molar-refractivity contribution is 6.16. The van der Waals surface area contributed by atoms with Crippen LogP contribution in [0.15, 0.2) is 64.6 Å². The largest absolute Gasteiger partial charge is 0.425 e. The van der Waals surface area contributed by atoms with Crippen LogP contribution in [0.1, 0.15) is 12.0 Å². The van der Waals surface area contributed by atoms with Crippen LogP contribution in [0.2, 0.25) is 0 Å². The van der Waals surface area contributed by atoms with Crippen LogP contribution in [0.3, 0.4) is 0 Å². The molecule has 3 rings (SSSR count). The van der Waals surface area contributed by atoms with Gasteiger partial charge < -0.3 is 0 Å². The fraction of sp³-hybridized carbons (Fsp3) is 0.176. The maximum absolute atomic E-state index is 13.8. The van der Waals surface area contributed by atoms with E-state index in [-0.39, 0.29) is 12.1 Å². The number of halogens is 4. The Morgan fingerprint density at radius 2 is 1.39 bits per heavy atom. The third-order valence-corrected chi connectivity index (χ3v) is 3.44. The molecule has 2 aromatic carbocycles. The molecule has 2 nitrogen and oxygen atoms in total. The first kappa shape index (κ1) is 15.4. The molecule has 0 N–H and O–H groups in total. The molecule has 1 unspecified atom stereocenters. The number of hydrogen-bond donors (Lipinski definition) is 0. The molecule has 23 heavy (non-hydrogen) atoms. The predicted octanol–water partition coefficient (Wildman–Crippen LogP) is 5.18. The Bertz CT molecular complexity index is 764. The van der Waals surface area contributed by atoms with Crippen LogP contribution in [0.25, 0.3) is 0 Å². The summed E-state index contributed by atoms with van der Waals surface area (Å²) in [6.07, 6.45) is -8.39. The summed E-state index contributed by atoms with van der Waals surface area (Å²) in [6.45, 7) is 0. The second-order valence-corrected chi connectivity index (χ2v) is 5.10. The van der Waals surface area contributed by atoms with Crippen molar-refractivity contribution in [3.8, 4) is 0 Å². The zero-order valence-corrected chi connectivity index (χ0v) is 11.9. The molecule has 2 aromatic rings. The van der Waals surface area contributed by atoms with Gasteiger partial charge in [-0.05, 0) is 17.7 Å². The minimum atomic E-state index is -4.99. The highest BCUT2D eigenvalue weighted by Crippen LogP contribution is 2.34. The summed E-state index contributed by atoms with van der Waals surface area (Å²) in [4.78, 5) is 8.28. The fourth-order valence-corrected chi connectivity index (χ4v) is 2.34. The van der Waals surface area contributed by atoms with Crippen LogP contribution in [-0.4, -0.2) is 23.8 Å². The minimum absolute atomic E-state index is 0.236. The molecule has 1 aliphatic rings. The summed E-state index contributed by atoms with van der Waals surface area (Å²) in [5.41, 5.74) is 1.09. The van der Waals surface area contributed by atoms with E-state index in [0.717, 1.165) is 0 Å². The summed E-state index contributed by atoms with van der Waals surface area (Å²) in [7, 11) is 0. The summed E-state index contributed by atoms with van der Waals surface area (Å²) >= 11 is 0. The molecular weight excluding hydrogens is 308 g/mol. The molecule has 1 atom stereocenters. The van der Waals surface area contributed by atoms with Gasteiger partial charge in [-0.2, -0.15) is 13.2 Å². The molecule has 6 heteroatoms. The number of para-hydroxylation sites is 2. The minimum Gasteiger partial charge on any atom is -0.252 e. The van der Waals surface area contributed by atoms with Crippen molar-refractivity contribution in [3.05, 3.63) is 60.2 Å². The Kier molecular flexibility index (Phi) is 3.98. The van der Waals surface area contributed by atoms with Gasteiger partial charge in [0.1, 0.15) is 0 Å². The zero-order chi connectivity index (χ0) is 16.4. The van der Waals surface area contributed by atoms with Crippen molar-refractivity contribution in [2.75, 3.05) is 0 Å². The van der Waals surface area contributed by atoms with E-state index in [1.807, 2.05) is 0 Å². The number of nitrogens with zero attached hydrogens (tertiary/aromatic N) is 2. The molecular formula is C17H12F4N2. The Balaban J connectivity index is 2.11. The lowest BCUT2D eigenvalue weighted by Crippen LogP contribution is -2.33. The zero-order valence-electron chi connectivity index (χ0n) is 11.9. The second-order valence-electron chi connectivity index (χ2n) is 5.10. The molecule has 1 aliphatic heterocycles. The number of fused-ring (bicyclic) bond motifs is 1. The van der Waals surface area contributed by atoms with Crippen LogP contribution in [0, 0.1) is 0 Å². The number of rotatable bonds is 2. The van der Waals surface area contributed by atoms with E-state index >= 15 is 0 Å². The van der Waals surface area contributed by atoms with Crippen molar-refractivity contribution in [1.82, 2.24) is 0 Å². The second kappa shape index (κ2) is 5.95. The van der Waals surface area contributed by atoms with Gasteiger partial charge >= 0.3 is 6.18 Å². The van der Waals surface area contributed by atoms with Gasteiger partial charge in [0.2, 0.25) is 6.17 Å². The van der Waals surface area contributed by atoms with E-state index in [2.05, 4.69) is 9.98 Å². The van der Waals surface area contributed by atoms with Crippen molar-refractivity contribution < 1.29 is 17.6 Å². The molecule has 0 spiro atoms. The number of alkyl halides is 4. The van der Waals surface area contributed by atoms with Crippen molar-refractivity contribution in [2.45, 2.75) is 18.8 Å². The fourth-order valence-electron chi connectivity index (χ4n) is 2.34. The van der Waals surface area contributed by atoms with E-state index in [4.69, 9.17) is 0 Å². The molecule has 0 amide bonds. The predicted molar refractivity (Wildman–Crippen MR) is 81.7 cm³/mol. The first-order valence-electron chi connectivity index (χ1n) is 6.95. The molecule has 0 saturated heterocycles. The summed E-state index contributed by atoms with van der Waals surface area (Å²) in [5.74, 6) is 0. The molecule has 0 saturated carbocycles. The molecule has 0 aliphatic carbocycles. The molecule has 0 fully saturated rings.